The first-order valence-electron chi connectivity index (χ1n) is 12.3. The van der Waals surface area contributed by atoms with Crippen LogP contribution in [0.15, 0.2) is 57.9 Å². The second kappa shape index (κ2) is 8.89. The summed E-state index contributed by atoms with van der Waals surface area (Å²) in [6.07, 6.45) is 2.54. The highest BCUT2D eigenvalue weighted by molar-refractivity contribution is 7.89. The number of rotatable bonds is 5. The van der Waals surface area contributed by atoms with Gasteiger partial charge in [0.15, 0.2) is 0 Å². The molecule has 1 saturated heterocycles. The van der Waals surface area contributed by atoms with Crippen molar-refractivity contribution in [1.29, 1.82) is 0 Å². The number of hydrogen-bond donors (Lipinski definition) is 1. The number of benzene rings is 2. The molecule has 3 aromatic rings. The molecule has 1 aromatic heterocycles. The maximum atomic E-state index is 15.6. The Bertz CT molecular complexity index is 1490. The summed E-state index contributed by atoms with van der Waals surface area (Å²) in [5.41, 5.74) is -1.80. The van der Waals surface area contributed by atoms with Crippen LogP contribution in [0.3, 0.4) is 0 Å². The van der Waals surface area contributed by atoms with Crippen molar-refractivity contribution in [2.24, 2.45) is 7.05 Å². The molecule has 198 valence electrons. The first kappa shape index (κ1) is 25.8. The summed E-state index contributed by atoms with van der Waals surface area (Å²) in [4.78, 5) is 12.0. The van der Waals surface area contributed by atoms with Crippen molar-refractivity contribution in [2.45, 2.75) is 68.4 Å². The zero-order valence-electron chi connectivity index (χ0n) is 20.9. The summed E-state index contributed by atoms with van der Waals surface area (Å²) in [6.45, 7) is 3.05. The lowest BCUT2D eigenvalue weighted by Crippen LogP contribution is -2.53. The minimum absolute atomic E-state index is 0.0358. The Labute approximate surface area is 214 Å². The van der Waals surface area contributed by atoms with E-state index in [2.05, 4.69) is 0 Å². The van der Waals surface area contributed by atoms with Gasteiger partial charge < -0.3 is 9.52 Å². The monoisotopic (exact) mass is 532 g/mol. The third-order valence-corrected chi connectivity index (χ3v) is 10.2. The minimum atomic E-state index is -3.83. The van der Waals surface area contributed by atoms with Crippen molar-refractivity contribution in [1.82, 2.24) is 8.87 Å². The zero-order chi connectivity index (χ0) is 26.8. The Balaban J connectivity index is 1.50. The number of aliphatic hydroxyl groups is 1. The second-order valence-corrected chi connectivity index (χ2v) is 12.8. The van der Waals surface area contributed by atoms with Crippen molar-refractivity contribution in [3.63, 3.8) is 0 Å². The van der Waals surface area contributed by atoms with E-state index in [-0.39, 0.29) is 42.3 Å². The van der Waals surface area contributed by atoms with Crippen LogP contribution in [-0.4, -0.2) is 34.0 Å². The van der Waals surface area contributed by atoms with Gasteiger partial charge in [-0.15, -0.1) is 0 Å². The summed E-state index contributed by atoms with van der Waals surface area (Å²) in [5, 5.41) is 9.72. The number of hydrogen-bond acceptors (Lipinski definition) is 5. The van der Waals surface area contributed by atoms with Gasteiger partial charge in [-0.1, -0.05) is 30.3 Å². The number of sulfonamides is 1. The normalized spacial score (nSPS) is 29.7. The van der Waals surface area contributed by atoms with Gasteiger partial charge in [0, 0.05) is 37.0 Å². The molecule has 2 atom stereocenters. The largest absolute Gasteiger partial charge is 0.418 e. The second-order valence-electron chi connectivity index (χ2n) is 10.7. The Kier molecular flexibility index (Phi) is 6.20. The highest BCUT2D eigenvalue weighted by Gasteiger charge is 2.57. The van der Waals surface area contributed by atoms with Crippen molar-refractivity contribution in [2.75, 3.05) is 0 Å². The van der Waals surface area contributed by atoms with Crippen molar-refractivity contribution < 1.29 is 26.7 Å². The lowest BCUT2D eigenvalue weighted by atomic mass is 9.55. The quantitative estimate of drug-likeness (QED) is 0.533. The molecule has 0 bridgehead atoms. The van der Waals surface area contributed by atoms with E-state index >= 15 is 8.78 Å². The first-order valence-corrected chi connectivity index (χ1v) is 13.8. The predicted octanol–water partition coefficient (Wildman–Crippen LogP) is 4.14. The molecule has 1 saturated carbocycles. The molecule has 37 heavy (non-hydrogen) atoms. The van der Waals surface area contributed by atoms with E-state index in [1.54, 1.807) is 38.1 Å². The van der Waals surface area contributed by atoms with E-state index in [1.165, 1.54) is 22.1 Å². The molecule has 2 heterocycles. The fourth-order valence-corrected chi connectivity index (χ4v) is 8.17. The fourth-order valence-electron chi connectivity index (χ4n) is 5.98. The van der Waals surface area contributed by atoms with Crippen LogP contribution < -0.4 is 5.76 Å². The summed E-state index contributed by atoms with van der Waals surface area (Å²) >= 11 is 0. The van der Waals surface area contributed by atoms with Gasteiger partial charge in [0.1, 0.15) is 22.6 Å². The molecule has 0 radical (unpaired) electrons. The molecule has 0 spiro atoms. The van der Waals surface area contributed by atoms with Crippen molar-refractivity contribution >= 4 is 10.0 Å². The van der Waals surface area contributed by atoms with E-state index in [1.807, 2.05) is 6.07 Å². The smallest absolute Gasteiger partial charge is 0.412 e. The lowest BCUT2D eigenvalue weighted by Gasteiger charge is -2.50. The van der Waals surface area contributed by atoms with E-state index in [4.69, 9.17) is 4.42 Å². The zero-order valence-corrected chi connectivity index (χ0v) is 21.8. The predicted molar refractivity (Wildman–Crippen MR) is 133 cm³/mol. The average molecular weight is 533 g/mol. The van der Waals surface area contributed by atoms with E-state index in [9.17, 15) is 18.3 Å². The molecule has 1 aliphatic carbocycles. The van der Waals surface area contributed by atoms with Gasteiger partial charge in [0.05, 0.1) is 11.0 Å². The molecular weight excluding hydrogens is 502 g/mol. The van der Waals surface area contributed by atoms with Crippen molar-refractivity contribution in [3.05, 3.63) is 93.3 Å². The maximum absolute atomic E-state index is 15.6. The molecule has 1 N–H and O–H groups in total. The maximum Gasteiger partial charge on any atom is 0.418 e. The number of nitrogens with zero attached hydrogens (tertiary/aromatic N) is 2. The third kappa shape index (κ3) is 4.34. The Morgan fingerprint density at radius 1 is 1.11 bits per heavy atom. The average Bonchev–Trinajstić information content (AvgIpc) is 3.15. The highest BCUT2D eigenvalue weighted by atomic mass is 32.2. The number of oxazole rings is 1. The van der Waals surface area contributed by atoms with Gasteiger partial charge in [0.2, 0.25) is 10.0 Å². The molecule has 10 heteroatoms. The lowest BCUT2D eigenvalue weighted by molar-refractivity contribution is -0.0687. The minimum Gasteiger partial charge on any atom is -0.412 e. The van der Waals surface area contributed by atoms with Crippen LogP contribution >= 0.6 is 0 Å². The van der Waals surface area contributed by atoms with Gasteiger partial charge in [-0.05, 0) is 57.2 Å². The molecule has 1 aliphatic heterocycles. The van der Waals surface area contributed by atoms with Crippen LogP contribution in [0.2, 0.25) is 0 Å². The molecule has 2 fully saturated rings. The SMILES string of the molecule is C[C@H]1CC[C@H](c2ccccc2)S(=O)(=O)N1Cc1cc(F)c(C2(c3cn(C)c(=O)o3)CC(C)(O)C2)cc1F. The standard InChI is InChI=1S/C27H30F2N2O5S/c1-17-9-10-23(18-7-5-4-6-8-18)37(34,35)31(17)13-19-11-22(29)20(12-21(19)28)27(15-26(2,33)16-27)24-14-30(3)25(32)36-24/h4-8,11-12,14,17,23,33H,9-10,13,15-16H2,1-3H3/t17-,23+,26?,27?/m0/s1. The van der Waals surface area contributed by atoms with Gasteiger partial charge in [0.25, 0.3) is 0 Å². The van der Waals surface area contributed by atoms with E-state index in [0.29, 0.717) is 18.4 Å². The van der Waals surface area contributed by atoms with E-state index < -0.39 is 43.7 Å². The van der Waals surface area contributed by atoms with Gasteiger partial charge >= 0.3 is 5.76 Å². The molecule has 0 unspecified atom stereocenters. The van der Waals surface area contributed by atoms with Gasteiger partial charge in [-0.25, -0.2) is 22.0 Å². The van der Waals surface area contributed by atoms with Crippen LogP contribution in [-0.2, 0) is 29.0 Å². The third-order valence-electron chi connectivity index (χ3n) is 7.81. The van der Waals surface area contributed by atoms with Crippen LogP contribution in [0.1, 0.15) is 67.2 Å². The van der Waals surface area contributed by atoms with Gasteiger partial charge in [-0.2, -0.15) is 4.31 Å². The van der Waals surface area contributed by atoms with Crippen molar-refractivity contribution in [3.8, 4) is 0 Å². The Hall–Kier alpha value is -2.82. The van der Waals surface area contributed by atoms with Crippen LogP contribution in [0.5, 0.6) is 0 Å². The van der Waals surface area contributed by atoms with Gasteiger partial charge in [-0.3, -0.25) is 4.57 Å². The number of halogens is 2. The summed E-state index contributed by atoms with van der Waals surface area (Å²) < 4.78 is 66.0. The Morgan fingerprint density at radius 2 is 1.78 bits per heavy atom. The number of aromatic nitrogens is 1. The Morgan fingerprint density at radius 3 is 2.38 bits per heavy atom. The molecular formula is C27H30F2N2O5S. The summed E-state index contributed by atoms with van der Waals surface area (Å²) in [5.74, 6) is -2.00. The topological polar surface area (TPSA) is 92.8 Å². The van der Waals surface area contributed by atoms with Crippen LogP contribution in [0.4, 0.5) is 8.78 Å². The fraction of sp³-hybridized carbons (Fsp3) is 0.444. The molecule has 5 rings (SSSR count). The molecule has 2 aliphatic rings. The summed E-state index contributed by atoms with van der Waals surface area (Å²) in [6, 6.07) is 10.6. The van der Waals surface area contributed by atoms with Crippen LogP contribution in [0.25, 0.3) is 0 Å². The highest BCUT2D eigenvalue weighted by Crippen LogP contribution is 2.55. The number of aryl methyl sites for hydroxylation is 1. The van der Waals surface area contributed by atoms with Crippen LogP contribution in [0, 0.1) is 11.6 Å². The summed E-state index contributed by atoms with van der Waals surface area (Å²) in [7, 11) is -2.34. The molecule has 2 aromatic carbocycles. The molecule has 0 amide bonds. The first-order chi connectivity index (χ1) is 17.3. The van der Waals surface area contributed by atoms with E-state index in [0.717, 1.165) is 12.1 Å². The molecule has 7 nitrogen and oxygen atoms in total.